The lowest BCUT2D eigenvalue weighted by Crippen LogP contribution is -2.60. The lowest BCUT2D eigenvalue weighted by Gasteiger charge is -2.09. The molecule has 0 aliphatic carbocycles. The van der Waals surface area contributed by atoms with Crippen molar-refractivity contribution in [3.05, 3.63) is 29.8 Å². The summed E-state index contributed by atoms with van der Waals surface area (Å²) >= 11 is 0. The van der Waals surface area contributed by atoms with E-state index < -0.39 is 0 Å². The number of ether oxygens (including phenoxy) is 1. The summed E-state index contributed by atoms with van der Waals surface area (Å²) < 4.78 is 5.51. The Morgan fingerprint density at radius 2 is 2.08 bits per heavy atom. The summed E-state index contributed by atoms with van der Waals surface area (Å²) in [5.41, 5.74) is 5.24. The van der Waals surface area contributed by atoms with Crippen LogP contribution in [0.15, 0.2) is 24.3 Å². The number of hydrogen-bond acceptors (Lipinski definition) is 1. The average molecular weight is 180 g/mol. The monoisotopic (exact) mass is 180 g/mol. The van der Waals surface area contributed by atoms with Crippen LogP contribution in [0.3, 0.4) is 0 Å². The fraction of sp³-hybridized carbons (Fsp3) is 0.455. The Hall–Kier alpha value is -1.02. The topological polar surface area (TPSA) is 36.9 Å². The largest absolute Gasteiger partial charge is 0.494 e. The molecule has 72 valence electrons. The van der Waals surface area contributed by atoms with Crippen molar-refractivity contribution in [3.63, 3.8) is 0 Å². The van der Waals surface area contributed by atoms with Crippen LogP contribution in [0.1, 0.15) is 19.4 Å². The van der Waals surface area contributed by atoms with Gasteiger partial charge in [-0.05, 0) is 25.5 Å². The molecule has 0 spiro atoms. The highest BCUT2D eigenvalue weighted by atomic mass is 16.5. The van der Waals surface area contributed by atoms with E-state index in [0.29, 0.717) is 6.04 Å². The summed E-state index contributed by atoms with van der Waals surface area (Å²) in [7, 11) is 0. The average Bonchev–Trinajstić information content (AvgIpc) is 2.08. The lowest BCUT2D eigenvalue weighted by molar-refractivity contribution is -0.413. The smallest absolute Gasteiger partial charge is 0.122 e. The molecule has 0 bridgehead atoms. The van der Waals surface area contributed by atoms with Gasteiger partial charge in [0.2, 0.25) is 0 Å². The molecule has 2 nitrogen and oxygen atoms in total. The van der Waals surface area contributed by atoms with Crippen LogP contribution in [-0.2, 0) is 6.42 Å². The van der Waals surface area contributed by atoms with Crippen LogP contribution in [0.4, 0.5) is 0 Å². The summed E-state index contributed by atoms with van der Waals surface area (Å²) in [5, 5.41) is 0. The Kier molecular flexibility index (Phi) is 3.77. The lowest BCUT2D eigenvalue weighted by atomic mass is 10.1. The van der Waals surface area contributed by atoms with Crippen LogP contribution in [0.25, 0.3) is 0 Å². The molecule has 1 aromatic carbocycles. The van der Waals surface area contributed by atoms with Crippen molar-refractivity contribution in [3.8, 4) is 5.75 Å². The molecule has 1 aromatic rings. The van der Waals surface area contributed by atoms with E-state index in [9.17, 15) is 0 Å². The fourth-order valence-electron chi connectivity index (χ4n) is 1.34. The molecule has 2 heteroatoms. The van der Waals surface area contributed by atoms with Crippen LogP contribution < -0.4 is 10.5 Å². The van der Waals surface area contributed by atoms with Gasteiger partial charge in [0.15, 0.2) is 0 Å². The third kappa shape index (κ3) is 3.07. The minimum Gasteiger partial charge on any atom is -0.494 e. The van der Waals surface area contributed by atoms with Gasteiger partial charge < -0.3 is 10.5 Å². The van der Waals surface area contributed by atoms with Crippen molar-refractivity contribution in [2.45, 2.75) is 26.3 Å². The second kappa shape index (κ2) is 4.87. The van der Waals surface area contributed by atoms with Crippen molar-refractivity contribution in [2.75, 3.05) is 6.61 Å². The van der Waals surface area contributed by atoms with Crippen LogP contribution in [-0.4, -0.2) is 12.6 Å². The SMILES string of the molecule is CCOc1ccccc1CC(C)[NH3+]. The third-order valence-electron chi connectivity index (χ3n) is 1.84. The molecule has 0 aliphatic heterocycles. The molecule has 1 rings (SSSR count). The molecule has 13 heavy (non-hydrogen) atoms. The van der Waals surface area contributed by atoms with E-state index in [2.05, 4.69) is 18.7 Å². The molecule has 0 radical (unpaired) electrons. The van der Waals surface area contributed by atoms with Gasteiger partial charge in [0.25, 0.3) is 0 Å². The summed E-state index contributed by atoms with van der Waals surface area (Å²) in [6, 6.07) is 8.60. The number of quaternary nitrogens is 1. The molecule has 0 saturated heterocycles. The summed E-state index contributed by atoms with van der Waals surface area (Å²) in [6.45, 7) is 4.84. The Balaban J connectivity index is 2.78. The first-order valence-corrected chi connectivity index (χ1v) is 4.77. The predicted molar refractivity (Wildman–Crippen MR) is 53.7 cm³/mol. The summed E-state index contributed by atoms with van der Waals surface area (Å²) in [6.07, 6.45) is 0.982. The second-order valence-electron chi connectivity index (χ2n) is 3.35. The van der Waals surface area contributed by atoms with Gasteiger partial charge in [-0.15, -0.1) is 0 Å². The maximum atomic E-state index is 5.51. The van der Waals surface area contributed by atoms with Crippen molar-refractivity contribution < 1.29 is 10.5 Å². The Morgan fingerprint density at radius 1 is 1.38 bits per heavy atom. The van der Waals surface area contributed by atoms with Crippen molar-refractivity contribution in [2.24, 2.45) is 0 Å². The van der Waals surface area contributed by atoms with Gasteiger partial charge in [-0.2, -0.15) is 0 Å². The van der Waals surface area contributed by atoms with Gasteiger partial charge in [0, 0.05) is 6.42 Å². The van der Waals surface area contributed by atoms with E-state index in [1.807, 2.05) is 25.1 Å². The minimum absolute atomic E-state index is 0.432. The van der Waals surface area contributed by atoms with E-state index >= 15 is 0 Å². The zero-order valence-electron chi connectivity index (χ0n) is 8.42. The van der Waals surface area contributed by atoms with E-state index in [4.69, 9.17) is 4.74 Å². The van der Waals surface area contributed by atoms with Gasteiger partial charge in [-0.3, -0.25) is 0 Å². The van der Waals surface area contributed by atoms with Gasteiger partial charge in [0.05, 0.1) is 12.6 Å². The third-order valence-corrected chi connectivity index (χ3v) is 1.84. The summed E-state index contributed by atoms with van der Waals surface area (Å²) in [5.74, 6) is 1.00. The maximum Gasteiger partial charge on any atom is 0.122 e. The van der Waals surface area contributed by atoms with Crippen LogP contribution in [0.5, 0.6) is 5.75 Å². The predicted octanol–water partition coefficient (Wildman–Crippen LogP) is 1.26. The van der Waals surface area contributed by atoms with Crippen molar-refractivity contribution >= 4 is 0 Å². The van der Waals surface area contributed by atoms with Gasteiger partial charge in [-0.25, -0.2) is 0 Å². The molecule has 0 amide bonds. The number of benzene rings is 1. The number of rotatable bonds is 4. The zero-order chi connectivity index (χ0) is 9.68. The van der Waals surface area contributed by atoms with Crippen LogP contribution >= 0.6 is 0 Å². The first-order valence-electron chi connectivity index (χ1n) is 4.77. The zero-order valence-corrected chi connectivity index (χ0v) is 8.42. The first kappa shape index (κ1) is 10.1. The quantitative estimate of drug-likeness (QED) is 0.744. The first-order chi connectivity index (χ1) is 6.24. The minimum atomic E-state index is 0.432. The Morgan fingerprint density at radius 3 is 2.69 bits per heavy atom. The van der Waals surface area contributed by atoms with Gasteiger partial charge in [-0.1, -0.05) is 18.2 Å². The summed E-state index contributed by atoms with van der Waals surface area (Å²) in [4.78, 5) is 0. The molecule has 0 heterocycles. The van der Waals surface area contributed by atoms with Crippen LogP contribution in [0.2, 0.25) is 0 Å². The molecule has 0 fully saturated rings. The molecular formula is C11H18NO+. The van der Waals surface area contributed by atoms with Crippen LogP contribution in [0, 0.1) is 0 Å². The van der Waals surface area contributed by atoms with Crippen molar-refractivity contribution in [1.29, 1.82) is 0 Å². The normalized spacial score (nSPS) is 12.5. The molecule has 1 atom stereocenters. The highest BCUT2D eigenvalue weighted by Crippen LogP contribution is 2.18. The Bertz CT molecular complexity index is 258. The van der Waals surface area contributed by atoms with E-state index in [0.717, 1.165) is 18.8 Å². The number of para-hydroxylation sites is 1. The van der Waals surface area contributed by atoms with E-state index in [1.54, 1.807) is 0 Å². The molecule has 3 N–H and O–H groups in total. The fourth-order valence-corrected chi connectivity index (χ4v) is 1.34. The number of hydrogen-bond donors (Lipinski definition) is 1. The Labute approximate surface area is 79.7 Å². The molecule has 0 saturated carbocycles. The molecule has 0 aromatic heterocycles. The molecule has 0 aliphatic rings. The standard InChI is InChI=1S/C11H17NO/c1-3-13-11-7-5-4-6-10(11)8-9(2)12/h4-7,9H,3,8,12H2,1-2H3/p+1. The van der Waals surface area contributed by atoms with Gasteiger partial charge >= 0.3 is 0 Å². The molecular weight excluding hydrogens is 162 g/mol. The maximum absolute atomic E-state index is 5.51. The highest BCUT2D eigenvalue weighted by Gasteiger charge is 2.05. The second-order valence-corrected chi connectivity index (χ2v) is 3.35. The van der Waals surface area contributed by atoms with Crippen molar-refractivity contribution in [1.82, 2.24) is 0 Å². The van der Waals surface area contributed by atoms with E-state index in [-0.39, 0.29) is 0 Å². The molecule has 1 unspecified atom stereocenters. The van der Waals surface area contributed by atoms with Gasteiger partial charge in [0.1, 0.15) is 5.75 Å². The highest BCUT2D eigenvalue weighted by molar-refractivity contribution is 5.33. The van der Waals surface area contributed by atoms with E-state index in [1.165, 1.54) is 5.56 Å².